The maximum absolute atomic E-state index is 14.9. The number of fused-ring (bicyclic) bond motifs is 1. The molecule has 0 saturated heterocycles. The minimum absolute atomic E-state index is 0.0341. The van der Waals surface area contributed by atoms with Crippen LogP contribution in [0.15, 0.2) is 36.4 Å². The number of carbonyl (C=O) groups excluding carboxylic acids is 2. The predicted molar refractivity (Wildman–Crippen MR) is 104 cm³/mol. The van der Waals surface area contributed by atoms with Crippen LogP contribution < -0.4 is 0 Å². The third-order valence-electron chi connectivity index (χ3n) is 4.84. The molecule has 2 aromatic carbocycles. The molecule has 1 atom stereocenters. The summed E-state index contributed by atoms with van der Waals surface area (Å²) in [7, 11) is 0. The normalized spacial score (nSPS) is 12.2. The SMILES string of the molecule is CCCOC(=O)[C@@H](C)c1c(C)n(C(=O)c2cccc(F)c2)c2ccc(O)c(F)c12. The number of aromatic nitrogens is 1. The maximum Gasteiger partial charge on any atom is 0.313 e. The Morgan fingerprint density at radius 3 is 2.59 bits per heavy atom. The van der Waals surface area contributed by atoms with Gasteiger partial charge in [-0.1, -0.05) is 13.0 Å². The Hall–Kier alpha value is -3.22. The number of rotatable bonds is 5. The van der Waals surface area contributed by atoms with E-state index in [0.29, 0.717) is 12.1 Å². The first-order valence-corrected chi connectivity index (χ1v) is 9.27. The Labute approximate surface area is 166 Å². The van der Waals surface area contributed by atoms with Gasteiger partial charge in [-0.25, -0.2) is 8.78 Å². The van der Waals surface area contributed by atoms with Gasteiger partial charge in [0.05, 0.1) is 18.0 Å². The van der Waals surface area contributed by atoms with Gasteiger partial charge in [-0.2, -0.15) is 0 Å². The lowest BCUT2D eigenvalue weighted by Gasteiger charge is -2.13. The van der Waals surface area contributed by atoms with E-state index in [9.17, 15) is 23.5 Å². The zero-order valence-electron chi connectivity index (χ0n) is 16.3. The Bertz CT molecular complexity index is 1100. The number of phenols is 1. The highest BCUT2D eigenvalue weighted by Gasteiger charge is 2.30. The summed E-state index contributed by atoms with van der Waals surface area (Å²) < 4.78 is 34.9. The summed E-state index contributed by atoms with van der Waals surface area (Å²) in [5.74, 6) is -4.11. The molecule has 3 rings (SSSR count). The first kappa shape index (κ1) is 20.5. The Kier molecular flexibility index (Phi) is 5.68. The Morgan fingerprint density at radius 1 is 1.21 bits per heavy atom. The van der Waals surface area contributed by atoms with Crippen molar-refractivity contribution >= 4 is 22.8 Å². The third-order valence-corrected chi connectivity index (χ3v) is 4.84. The van der Waals surface area contributed by atoms with Gasteiger partial charge in [0.1, 0.15) is 5.82 Å². The first-order valence-electron chi connectivity index (χ1n) is 9.27. The summed E-state index contributed by atoms with van der Waals surface area (Å²) in [6, 6.07) is 7.69. The standard InChI is InChI=1S/C22H21F2NO4/c1-4-10-29-22(28)12(2)18-13(3)25(16-8-9-17(26)20(24)19(16)18)21(27)14-6-5-7-15(23)11-14/h5-9,11-12,26H,4,10H2,1-3H3/t12-/m0/s1. The Balaban J connectivity index is 2.25. The molecule has 0 aliphatic heterocycles. The number of hydrogen-bond donors (Lipinski definition) is 1. The predicted octanol–water partition coefficient (Wildman–Crippen LogP) is 4.68. The van der Waals surface area contributed by atoms with E-state index < -0.39 is 35.2 Å². The Morgan fingerprint density at radius 2 is 1.93 bits per heavy atom. The molecule has 0 amide bonds. The van der Waals surface area contributed by atoms with E-state index in [-0.39, 0.29) is 28.6 Å². The summed E-state index contributed by atoms with van der Waals surface area (Å²) in [5.41, 5.74) is 0.822. The number of carbonyl (C=O) groups is 2. The van der Waals surface area contributed by atoms with Crippen molar-refractivity contribution in [2.45, 2.75) is 33.1 Å². The van der Waals surface area contributed by atoms with Crippen LogP contribution in [0.25, 0.3) is 10.9 Å². The van der Waals surface area contributed by atoms with Gasteiger partial charge in [-0.15, -0.1) is 0 Å². The molecule has 0 bridgehead atoms. The monoisotopic (exact) mass is 401 g/mol. The number of nitrogens with zero attached hydrogens (tertiary/aromatic N) is 1. The molecule has 5 nitrogen and oxygen atoms in total. The van der Waals surface area contributed by atoms with Crippen LogP contribution in [0.1, 0.15) is 47.8 Å². The van der Waals surface area contributed by atoms with E-state index in [1.54, 1.807) is 13.8 Å². The minimum Gasteiger partial charge on any atom is -0.505 e. The van der Waals surface area contributed by atoms with Crippen molar-refractivity contribution in [1.82, 2.24) is 4.57 Å². The van der Waals surface area contributed by atoms with Crippen LogP contribution in [0.3, 0.4) is 0 Å². The quantitative estimate of drug-likeness (QED) is 0.631. The van der Waals surface area contributed by atoms with Gasteiger partial charge in [0.15, 0.2) is 11.6 Å². The lowest BCUT2D eigenvalue weighted by molar-refractivity contribution is -0.145. The van der Waals surface area contributed by atoms with Crippen LogP contribution in [-0.4, -0.2) is 28.2 Å². The molecule has 0 saturated carbocycles. The van der Waals surface area contributed by atoms with Crippen molar-refractivity contribution in [3.05, 3.63) is 64.9 Å². The van der Waals surface area contributed by atoms with Gasteiger partial charge in [0, 0.05) is 16.6 Å². The summed E-state index contributed by atoms with van der Waals surface area (Å²) in [5, 5.41) is 9.83. The van der Waals surface area contributed by atoms with Crippen LogP contribution in [0.4, 0.5) is 8.78 Å². The molecule has 1 aromatic heterocycles. The molecule has 1 heterocycles. The summed E-state index contributed by atoms with van der Waals surface area (Å²) in [4.78, 5) is 25.5. The average molecular weight is 401 g/mol. The van der Waals surface area contributed by atoms with Crippen molar-refractivity contribution in [1.29, 1.82) is 0 Å². The zero-order valence-corrected chi connectivity index (χ0v) is 16.3. The number of phenolic OH excluding ortho intramolecular Hbond substituents is 1. The molecule has 0 radical (unpaired) electrons. The first-order chi connectivity index (χ1) is 13.8. The van der Waals surface area contributed by atoms with Gasteiger partial charge < -0.3 is 9.84 Å². The van der Waals surface area contributed by atoms with Crippen LogP contribution in [-0.2, 0) is 9.53 Å². The second kappa shape index (κ2) is 8.03. The van der Waals surface area contributed by atoms with Crippen molar-refractivity contribution in [2.75, 3.05) is 6.61 Å². The number of benzene rings is 2. The smallest absolute Gasteiger partial charge is 0.313 e. The van der Waals surface area contributed by atoms with Crippen LogP contribution in [0, 0.1) is 18.6 Å². The summed E-state index contributed by atoms with van der Waals surface area (Å²) in [6.07, 6.45) is 0.631. The summed E-state index contributed by atoms with van der Waals surface area (Å²) >= 11 is 0. The molecular weight excluding hydrogens is 380 g/mol. The molecule has 0 aliphatic rings. The molecular formula is C22H21F2NO4. The molecule has 152 valence electrons. The molecule has 7 heteroatoms. The lowest BCUT2D eigenvalue weighted by Crippen LogP contribution is -2.17. The van der Waals surface area contributed by atoms with E-state index in [1.165, 1.54) is 28.8 Å². The molecule has 1 N–H and O–H groups in total. The van der Waals surface area contributed by atoms with E-state index in [2.05, 4.69) is 0 Å². The molecule has 0 fully saturated rings. The zero-order chi connectivity index (χ0) is 21.3. The maximum atomic E-state index is 14.9. The highest BCUT2D eigenvalue weighted by molar-refractivity contribution is 6.05. The lowest BCUT2D eigenvalue weighted by atomic mass is 9.97. The topological polar surface area (TPSA) is 68.5 Å². The largest absolute Gasteiger partial charge is 0.505 e. The van der Waals surface area contributed by atoms with Crippen LogP contribution >= 0.6 is 0 Å². The molecule has 0 unspecified atom stereocenters. The van der Waals surface area contributed by atoms with E-state index in [1.807, 2.05) is 6.92 Å². The fraction of sp³-hybridized carbons (Fsp3) is 0.273. The molecule has 0 aliphatic carbocycles. The highest BCUT2D eigenvalue weighted by Crippen LogP contribution is 2.37. The van der Waals surface area contributed by atoms with Gasteiger partial charge >= 0.3 is 5.97 Å². The molecule has 29 heavy (non-hydrogen) atoms. The van der Waals surface area contributed by atoms with Gasteiger partial charge in [-0.05, 0) is 56.2 Å². The van der Waals surface area contributed by atoms with Crippen molar-refractivity contribution in [3.63, 3.8) is 0 Å². The summed E-state index contributed by atoms with van der Waals surface area (Å²) in [6.45, 7) is 5.20. The molecule has 3 aromatic rings. The average Bonchev–Trinajstić information content (AvgIpc) is 3.00. The number of ether oxygens (including phenoxy) is 1. The van der Waals surface area contributed by atoms with E-state index in [4.69, 9.17) is 4.74 Å². The minimum atomic E-state index is -0.929. The number of aromatic hydroxyl groups is 1. The van der Waals surface area contributed by atoms with E-state index in [0.717, 1.165) is 12.1 Å². The second-order valence-electron chi connectivity index (χ2n) is 6.83. The fourth-order valence-electron chi connectivity index (χ4n) is 3.47. The van der Waals surface area contributed by atoms with Crippen LogP contribution in [0.2, 0.25) is 0 Å². The van der Waals surface area contributed by atoms with Gasteiger partial charge in [0.2, 0.25) is 0 Å². The van der Waals surface area contributed by atoms with Crippen molar-refractivity contribution in [2.24, 2.45) is 0 Å². The highest BCUT2D eigenvalue weighted by atomic mass is 19.1. The number of halogens is 2. The van der Waals surface area contributed by atoms with E-state index >= 15 is 0 Å². The van der Waals surface area contributed by atoms with Crippen LogP contribution in [0.5, 0.6) is 5.75 Å². The number of esters is 1. The van der Waals surface area contributed by atoms with Gasteiger partial charge in [-0.3, -0.25) is 14.2 Å². The number of hydrogen-bond acceptors (Lipinski definition) is 4. The second-order valence-corrected chi connectivity index (χ2v) is 6.83. The van der Waals surface area contributed by atoms with Crippen molar-refractivity contribution in [3.8, 4) is 5.75 Å². The van der Waals surface area contributed by atoms with Gasteiger partial charge in [0.25, 0.3) is 5.91 Å². The molecule has 0 spiro atoms. The van der Waals surface area contributed by atoms with Crippen molar-refractivity contribution < 1.29 is 28.2 Å². The third kappa shape index (κ3) is 3.60. The fourth-order valence-corrected chi connectivity index (χ4v) is 3.47.